The maximum atomic E-state index is 12.6. The Kier molecular flexibility index (Phi) is 3.46. The summed E-state index contributed by atoms with van der Waals surface area (Å²) >= 11 is 0. The van der Waals surface area contributed by atoms with Crippen molar-refractivity contribution in [3.63, 3.8) is 0 Å². The minimum atomic E-state index is -5.03. The normalized spacial score (nSPS) is 14.2. The highest BCUT2D eigenvalue weighted by atomic mass is 32.2. The molecule has 1 aliphatic rings. The van der Waals surface area contributed by atoms with E-state index < -0.39 is 63.8 Å². The second-order valence-electron chi connectivity index (χ2n) is 4.94. The van der Waals surface area contributed by atoms with Crippen LogP contribution in [0.25, 0.3) is 0 Å². The molecule has 0 radical (unpaired) electrons. The number of hydrogen-bond acceptors (Lipinski definition) is 7. The Bertz CT molecular complexity index is 1040. The number of benzene rings is 2. The van der Waals surface area contributed by atoms with Gasteiger partial charge >= 0.3 is 0 Å². The Morgan fingerprint density at radius 2 is 1.17 bits per heavy atom. The molecular weight excluding hydrogens is 360 g/mol. The predicted molar refractivity (Wildman–Crippen MR) is 77.5 cm³/mol. The van der Waals surface area contributed by atoms with Gasteiger partial charge in [0.05, 0.1) is 16.0 Å². The lowest BCUT2D eigenvalue weighted by atomic mass is 9.84. The number of ketones is 2. The van der Waals surface area contributed by atoms with E-state index in [0.29, 0.717) is 0 Å². The van der Waals surface area contributed by atoms with Crippen molar-refractivity contribution in [1.29, 1.82) is 0 Å². The number of hydrogen-bond donors (Lipinski definition) is 1. The SMILES string of the molecule is O=C1c2cccc(S(=O)(=O)O)c2C(=O)c2cccc(S(=O)(=O)[O-])c21. The minimum Gasteiger partial charge on any atom is -0.744 e. The molecule has 0 heterocycles. The Morgan fingerprint density at radius 1 is 0.750 bits per heavy atom. The lowest BCUT2D eigenvalue weighted by molar-refractivity contribution is 0.0974. The van der Waals surface area contributed by atoms with Crippen molar-refractivity contribution in [2.75, 3.05) is 0 Å². The Hall–Kier alpha value is -2.40. The number of carbonyl (C=O) groups excluding carboxylic acids is 2. The summed E-state index contributed by atoms with van der Waals surface area (Å²) < 4.78 is 66.1. The molecule has 10 heteroatoms. The van der Waals surface area contributed by atoms with Gasteiger partial charge < -0.3 is 4.55 Å². The summed E-state index contributed by atoms with van der Waals surface area (Å²) in [4.78, 5) is 23.5. The fourth-order valence-corrected chi connectivity index (χ4v) is 4.01. The third-order valence-corrected chi connectivity index (χ3v) is 5.32. The van der Waals surface area contributed by atoms with Crippen molar-refractivity contribution in [1.82, 2.24) is 0 Å². The van der Waals surface area contributed by atoms with E-state index in [1.807, 2.05) is 0 Å². The van der Waals surface area contributed by atoms with E-state index in [-0.39, 0.29) is 0 Å². The first-order chi connectivity index (χ1) is 11.0. The van der Waals surface area contributed by atoms with Gasteiger partial charge in [0.25, 0.3) is 10.1 Å². The van der Waals surface area contributed by atoms with Crippen LogP contribution in [0.4, 0.5) is 0 Å². The van der Waals surface area contributed by atoms with Crippen LogP contribution in [-0.4, -0.2) is 37.5 Å². The standard InChI is InChI=1S/C14H8O8S2/c15-13-7-3-1-5-9(23(17,18)19)11(7)14(16)8-4-2-6-10(12(8)13)24(20,21)22/h1-6H,(H,17,18,19)(H,20,21,22)/p-1. The van der Waals surface area contributed by atoms with Gasteiger partial charge in [-0.3, -0.25) is 14.1 Å². The molecule has 2 aromatic rings. The lowest BCUT2D eigenvalue weighted by Gasteiger charge is -2.22. The molecule has 0 aromatic heterocycles. The first-order valence-corrected chi connectivity index (χ1v) is 9.17. The monoisotopic (exact) mass is 367 g/mol. The molecule has 0 atom stereocenters. The summed E-state index contributed by atoms with van der Waals surface area (Å²) in [6, 6.07) is 6.26. The van der Waals surface area contributed by atoms with Gasteiger partial charge in [-0.05, 0) is 12.1 Å². The summed E-state index contributed by atoms with van der Waals surface area (Å²) in [5.41, 5.74) is -1.98. The maximum Gasteiger partial charge on any atom is 0.295 e. The van der Waals surface area contributed by atoms with Crippen molar-refractivity contribution in [2.45, 2.75) is 9.79 Å². The van der Waals surface area contributed by atoms with Gasteiger partial charge in [-0.1, -0.05) is 24.3 Å². The van der Waals surface area contributed by atoms with Crippen LogP contribution in [0, 0.1) is 0 Å². The molecule has 3 rings (SSSR count). The second-order valence-corrected chi connectivity index (χ2v) is 7.68. The van der Waals surface area contributed by atoms with E-state index in [9.17, 15) is 35.5 Å². The molecule has 0 fully saturated rings. The summed E-state index contributed by atoms with van der Waals surface area (Å²) in [5.74, 6) is -1.96. The van der Waals surface area contributed by atoms with Crippen LogP contribution >= 0.6 is 0 Å². The van der Waals surface area contributed by atoms with Gasteiger partial charge in [0.2, 0.25) is 0 Å². The highest BCUT2D eigenvalue weighted by molar-refractivity contribution is 7.86. The second kappa shape index (κ2) is 5.05. The molecule has 0 spiro atoms. The van der Waals surface area contributed by atoms with E-state index in [2.05, 4.69) is 0 Å². The number of fused-ring (bicyclic) bond motifs is 2. The van der Waals surface area contributed by atoms with E-state index in [1.165, 1.54) is 0 Å². The zero-order chi connectivity index (χ0) is 17.9. The van der Waals surface area contributed by atoms with Crippen LogP contribution < -0.4 is 0 Å². The number of carbonyl (C=O) groups is 2. The molecule has 0 aliphatic heterocycles. The maximum absolute atomic E-state index is 12.6. The molecule has 8 nitrogen and oxygen atoms in total. The molecule has 1 aliphatic carbocycles. The number of rotatable bonds is 2. The van der Waals surface area contributed by atoms with Crippen molar-refractivity contribution in [3.05, 3.63) is 58.7 Å². The van der Waals surface area contributed by atoms with Crippen LogP contribution in [0.3, 0.4) is 0 Å². The third kappa shape index (κ3) is 2.36. The van der Waals surface area contributed by atoms with Crippen LogP contribution in [-0.2, 0) is 20.2 Å². The van der Waals surface area contributed by atoms with E-state index in [1.54, 1.807) is 0 Å². The molecule has 0 bridgehead atoms. The minimum absolute atomic E-state index is 0.404. The fraction of sp³-hybridized carbons (Fsp3) is 0. The van der Waals surface area contributed by atoms with Gasteiger partial charge in [-0.2, -0.15) is 8.42 Å². The summed E-state index contributed by atoms with van der Waals surface area (Å²) in [6.45, 7) is 0. The summed E-state index contributed by atoms with van der Waals surface area (Å²) in [7, 11) is -9.83. The van der Waals surface area contributed by atoms with Crippen molar-refractivity contribution in [3.8, 4) is 0 Å². The van der Waals surface area contributed by atoms with Gasteiger partial charge in [0.15, 0.2) is 11.6 Å². The van der Waals surface area contributed by atoms with Gasteiger partial charge in [-0.25, -0.2) is 8.42 Å². The van der Waals surface area contributed by atoms with E-state index >= 15 is 0 Å². The highest BCUT2D eigenvalue weighted by Gasteiger charge is 2.36. The zero-order valence-electron chi connectivity index (χ0n) is 11.6. The first-order valence-electron chi connectivity index (χ1n) is 6.32. The Morgan fingerprint density at radius 3 is 1.58 bits per heavy atom. The smallest absolute Gasteiger partial charge is 0.295 e. The highest BCUT2D eigenvalue weighted by Crippen LogP contribution is 2.34. The largest absolute Gasteiger partial charge is 0.744 e. The van der Waals surface area contributed by atoms with Crippen LogP contribution in [0.1, 0.15) is 31.8 Å². The van der Waals surface area contributed by atoms with Crippen molar-refractivity contribution < 1.29 is 35.5 Å². The molecule has 124 valence electrons. The molecule has 0 saturated carbocycles. The van der Waals surface area contributed by atoms with Crippen molar-refractivity contribution in [2.24, 2.45) is 0 Å². The molecule has 0 unspecified atom stereocenters. The Balaban J connectivity index is 2.44. The topological polar surface area (TPSA) is 146 Å². The third-order valence-electron chi connectivity index (χ3n) is 3.54. The molecule has 24 heavy (non-hydrogen) atoms. The molecule has 0 amide bonds. The quantitative estimate of drug-likeness (QED) is 0.648. The van der Waals surface area contributed by atoms with Gasteiger partial charge in [0.1, 0.15) is 15.0 Å². The average Bonchev–Trinajstić information content (AvgIpc) is 2.49. The average molecular weight is 367 g/mol. The molecule has 2 aromatic carbocycles. The molecule has 0 saturated heterocycles. The van der Waals surface area contributed by atoms with Crippen LogP contribution in [0.5, 0.6) is 0 Å². The predicted octanol–water partition coefficient (Wildman–Crippen LogP) is 0.613. The first kappa shape index (κ1) is 16.5. The molecule has 1 N–H and O–H groups in total. The zero-order valence-corrected chi connectivity index (χ0v) is 13.2. The van der Waals surface area contributed by atoms with Crippen LogP contribution in [0.2, 0.25) is 0 Å². The Labute approximate surface area is 136 Å². The summed E-state index contributed by atoms with van der Waals surface area (Å²) in [6.07, 6.45) is 0. The van der Waals surface area contributed by atoms with Gasteiger partial charge in [-0.15, -0.1) is 0 Å². The summed E-state index contributed by atoms with van der Waals surface area (Å²) in [5, 5.41) is 0. The van der Waals surface area contributed by atoms with Crippen molar-refractivity contribution >= 4 is 31.8 Å². The van der Waals surface area contributed by atoms with Gasteiger partial charge in [0, 0.05) is 11.1 Å². The lowest BCUT2D eigenvalue weighted by Crippen LogP contribution is -2.25. The fourth-order valence-electron chi connectivity index (χ4n) is 2.60. The van der Waals surface area contributed by atoms with E-state index in [0.717, 1.165) is 36.4 Å². The van der Waals surface area contributed by atoms with Crippen LogP contribution in [0.15, 0.2) is 46.2 Å². The van der Waals surface area contributed by atoms with E-state index in [4.69, 9.17) is 0 Å². The molecular formula is C14H7O8S2-.